The summed E-state index contributed by atoms with van der Waals surface area (Å²) in [5.41, 5.74) is 5.22. The molecule has 1 aliphatic rings. The summed E-state index contributed by atoms with van der Waals surface area (Å²) in [5.74, 6) is 0.305. The molecule has 0 atom stereocenters. The average molecular weight is 447 g/mol. The molecule has 0 spiro atoms. The molecule has 2 aromatic heterocycles. The Labute approximate surface area is 175 Å². The molecule has 0 fully saturated rings. The Kier molecular flexibility index (Phi) is 4.24. The number of fused-ring (bicyclic) bond motifs is 5. The molecule has 0 N–H and O–H groups in total. The smallest absolute Gasteiger partial charge is 0.318 e. The van der Waals surface area contributed by atoms with Crippen molar-refractivity contribution in [1.82, 2.24) is 14.5 Å². The molecule has 7 heteroatoms. The van der Waals surface area contributed by atoms with Crippen molar-refractivity contribution in [1.29, 1.82) is 0 Å². The zero-order valence-electron chi connectivity index (χ0n) is 15.5. The molecule has 5 rings (SSSR count). The maximum Gasteiger partial charge on any atom is 0.334 e. The molecule has 0 bridgehead atoms. The van der Waals surface area contributed by atoms with Gasteiger partial charge >= 0.3 is 5.97 Å². The minimum atomic E-state index is -0.385. The van der Waals surface area contributed by atoms with E-state index in [1.54, 1.807) is 19.4 Å². The van der Waals surface area contributed by atoms with Crippen LogP contribution >= 0.6 is 15.9 Å². The van der Waals surface area contributed by atoms with Crippen LogP contribution in [0.4, 0.5) is 0 Å². The van der Waals surface area contributed by atoms with Crippen LogP contribution in [0.25, 0.3) is 27.8 Å². The van der Waals surface area contributed by atoms with E-state index in [-0.39, 0.29) is 12.4 Å². The van der Waals surface area contributed by atoms with Crippen LogP contribution in [-0.2, 0) is 9.63 Å². The quantitative estimate of drug-likeness (QED) is 0.292. The van der Waals surface area contributed by atoms with Crippen LogP contribution in [0.1, 0.15) is 24.5 Å². The molecule has 0 radical (unpaired) electrons. The molecule has 0 unspecified atom stereocenters. The van der Waals surface area contributed by atoms with Crippen molar-refractivity contribution in [3.63, 3.8) is 0 Å². The van der Waals surface area contributed by atoms with Gasteiger partial charge < -0.3 is 4.84 Å². The lowest BCUT2D eigenvalue weighted by molar-refractivity contribution is -0.143. The second-order valence-corrected chi connectivity index (χ2v) is 7.53. The second-order valence-electron chi connectivity index (χ2n) is 6.62. The number of imidazole rings is 1. The lowest BCUT2D eigenvalue weighted by Crippen LogP contribution is -2.09. The number of nitrogens with zero attached hydrogens (tertiary/aromatic N) is 4. The van der Waals surface area contributed by atoms with Gasteiger partial charge in [-0.1, -0.05) is 52.3 Å². The van der Waals surface area contributed by atoms with Crippen LogP contribution < -0.4 is 0 Å². The number of hydrogen-bond acceptors (Lipinski definition) is 5. The molecule has 0 saturated carbocycles. The van der Waals surface area contributed by atoms with E-state index in [0.717, 1.165) is 37.6 Å². The van der Waals surface area contributed by atoms with Gasteiger partial charge in [-0.05, 0) is 23.8 Å². The molecule has 142 valence electrons. The van der Waals surface area contributed by atoms with Crippen molar-refractivity contribution < 1.29 is 9.63 Å². The van der Waals surface area contributed by atoms with Gasteiger partial charge in [0.25, 0.3) is 0 Å². The maximum absolute atomic E-state index is 11.8. The summed E-state index contributed by atoms with van der Waals surface area (Å²) in [5, 5.41) is 5.26. The molecule has 6 nitrogen and oxygen atoms in total. The highest BCUT2D eigenvalue weighted by Gasteiger charge is 2.32. The fourth-order valence-corrected chi connectivity index (χ4v) is 3.96. The Hall–Kier alpha value is -3.32. The topological polar surface area (TPSA) is 69.4 Å². The standard InChI is InChI=1S/C22H15BrN4O2/c1-2-18(28)29-26-21-15-6-4-3-5-14(15)19-16-11-13(23)7-8-17(16)25-22(20(19)21)27-10-9-24-12-27/h3-12H,2H2,1H3/b26-21+. The highest BCUT2D eigenvalue weighted by atomic mass is 79.9. The first-order chi connectivity index (χ1) is 14.2. The molecule has 29 heavy (non-hydrogen) atoms. The van der Waals surface area contributed by atoms with Crippen LogP contribution in [-0.4, -0.2) is 26.2 Å². The lowest BCUT2D eigenvalue weighted by atomic mass is 10.0. The van der Waals surface area contributed by atoms with Crippen LogP contribution in [0.2, 0.25) is 0 Å². The molecule has 0 amide bonds. The van der Waals surface area contributed by atoms with Gasteiger partial charge in [-0.2, -0.15) is 0 Å². The molecule has 1 aliphatic carbocycles. The van der Waals surface area contributed by atoms with Crippen LogP contribution in [0.15, 0.2) is 70.8 Å². The molecule has 0 aliphatic heterocycles. The summed E-state index contributed by atoms with van der Waals surface area (Å²) < 4.78 is 2.81. The normalized spacial score (nSPS) is 13.5. The summed E-state index contributed by atoms with van der Waals surface area (Å²) >= 11 is 3.57. The number of halogens is 1. The highest BCUT2D eigenvalue weighted by molar-refractivity contribution is 9.10. The average Bonchev–Trinajstić information content (AvgIpc) is 3.38. The van der Waals surface area contributed by atoms with Crippen molar-refractivity contribution in [3.05, 3.63) is 76.8 Å². The fraction of sp³-hybridized carbons (Fsp3) is 0.0909. The van der Waals surface area contributed by atoms with Crippen molar-refractivity contribution in [2.24, 2.45) is 5.16 Å². The minimum Gasteiger partial charge on any atom is -0.318 e. The van der Waals surface area contributed by atoms with Gasteiger partial charge in [0.15, 0.2) is 0 Å². The predicted octanol–water partition coefficient (Wildman–Crippen LogP) is 4.87. The van der Waals surface area contributed by atoms with Gasteiger partial charge in [0, 0.05) is 39.8 Å². The molecule has 2 heterocycles. The molecular formula is C22H15BrN4O2. The third-order valence-corrected chi connectivity index (χ3v) is 5.39. The zero-order chi connectivity index (χ0) is 20.0. The summed E-state index contributed by atoms with van der Waals surface area (Å²) in [6.07, 6.45) is 5.50. The summed E-state index contributed by atoms with van der Waals surface area (Å²) in [4.78, 5) is 26.0. The first kappa shape index (κ1) is 17.8. The summed E-state index contributed by atoms with van der Waals surface area (Å²) in [7, 11) is 0. The van der Waals surface area contributed by atoms with Crippen molar-refractivity contribution in [2.75, 3.05) is 0 Å². The van der Waals surface area contributed by atoms with Crippen LogP contribution in [0.5, 0.6) is 0 Å². The van der Waals surface area contributed by atoms with Crippen LogP contribution in [0, 0.1) is 0 Å². The number of pyridine rings is 1. The molecule has 4 aromatic rings. The first-order valence-corrected chi connectivity index (χ1v) is 9.96. The van der Waals surface area contributed by atoms with Gasteiger partial charge in [-0.15, -0.1) is 0 Å². The lowest BCUT2D eigenvalue weighted by Gasteiger charge is -2.12. The number of hydrogen-bond donors (Lipinski definition) is 0. The Morgan fingerprint density at radius 2 is 2.00 bits per heavy atom. The van der Waals surface area contributed by atoms with Crippen molar-refractivity contribution in [3.8, 4) is 16.9 Å². The number of rotatable bonds is 3. The van der Waals surface area contributed by atoms with Crippen molar-refractivity contribution in [2.45, 2.75) is 13.3 Å². The zero-order valence-corrected chi connectivity index (χ0v) is 17.0. The Balaban J connectivity index is 1.90. The molecule has 2 aromatic carbocycles. The maximum atomic E-state index is 11.8. The van der Waals surface area contributed by atoms with Crippen molar-refractivity contribution >= 4 is 38.5 Å². The van der Waals surface area contributed by atoms with Crippen LogP contribution in [0.3, 0.4) is 0 Å². The van der Waals surface area contributed by atoms with Gasteiger partial charge in [-0.3, -0.25) is 4.57 Å². The van der Waals surface area contributed by atoms with E-state index >= 15 is 0 Å². The predicted molar refractivity (Wildman–Crippen MR) is 114 cm³/mol. The van der Waals surface area contributed by atoms with E-state index in [0.29, 0.717) is 11.5 Å². The van der Waals surface area contributed by atoms with E-state index in [1.165, 1.54) is 0 Å². The third kappa shape index (κ3) is 2.86. The van der Waals surface area contributed by atoms with E-state index < -0.39 is 0 Å². The second kappa shape index (κ2) is 6.93. The van der Waals surface area contributed by atoms with Gasteiger partial charge in [0.05, 0.1) is 11.1 Å². The van der Waals surface area contributed by atoms with E-state index in [1.807, 2.05) is 41.1 Å². The number of carbonyl (C=O) groups is 1. The summed E-state index contributed by atoms with van der Waals surface area (Å²) in [6.45, 7) is 1.74. The van der Waals surface area contributed by atoms with Gasteiger partial charge in [0.1, 0.15) is 17.9 Å². The monoisotopic (exact) mass is 446 g/mol. The Morgan fingerprint density at radius 3 is 2.76 bits per heavy atom. The number of benzene rings is 2. The van der Waals surface area contributed by atoms with E-state index in [9.17, 15) is 4.79 Å². The largest absolute Gasteiger partial charge is 0.334 e. The third-order valence-electron chi connectivity index (χ3n) is 4.89. The first-order valence-electron chi connectivity index (χ1n) is 9.17. The fourth-order valence-electron chi connectivity index (χ4n) is 3.60. The van der Waals surface area contributed by atoms with E-state index in [2.05, 4.69) is 38.2 Å². The Morgan fingerprint density at radius 1 is 1.17 bits per heavy atom. The number of carbonyl (C=O) groups excluding carboxylic acids is 1. The number of oxime groups is 1. The molecule has 0 saturated heterocycles. The SMILES string of the molecule is CCC(=O)O/N=C1\c2ccccc2-c2c1c(-n1ccnc1)nc1ccc(Br)cc21. The molecular weight excluding hydrogens is 432 g/mol. The minimum absolute atomic E-state index is 0.253. The van der Waals surface area contributed by atoms with Gasteiger partial charge in [0.2, 0.25) is 0 Å². The van der Waals surface area contributed by atoms with Gasteiger partial charge in [-0.25, -0.2) is 14.8 Å². The highest BCUT2D eigenvalue weighted by Crippen LogP contribution is 2.44. The van der Waals surface area contributed by atoms with E-state index in [4.69, 9.17) is 9.82 Å². The summed E-state index contributed by atoms with van der Waals surface area (Å²) in [6, 6.07) is 14.0. The Bertz CT molecular complexity index is 1300. The number of aromatic nitrogens is 3.